The molecule has 15 nitrogen and oxygen atoms in total. The van der Waals surface area contributed by atoms with Gasteiger partial charge in [0, 0.05) is 42.9 Å². The average molecular weight is 900 g/mol. The number of hydrogen-bond donors (Lipinski definition) is 7. The Balaban J connectivity index is 1.29. The molecule has 348 valence electrons. The van der Waals surface area contributed by atoms with Gasteiger partial charge in [-0.2, -0.15) is 0 Å². The van der Waals surface area contributed by atoms with Crippen molar-refractivity contribution in [2.45, 2.75) is 114 Å². The van der Waals surface area contributed by atoms with Crippen molar-refractivity contribution in [3.05, 3.63) is 144 Å². The van der Waals surface area contributed by atoms with Crippen LogP contribution in [0.1, 0.15) is 62.8 Å². The Morgan fingerprint density at radius 1 is 0.682 bits per heavy atom. The Morgan fingerprint density at radius 2 is 1.18 bits per heavy atom. The minimum Gasteiger partial charge on any atom is -0.480 e. The van der Waals surface area contributed by atoms with Crippen LogP contribution in [0.25, 0.3) is 10.9 Å². The van der Waals surface area contributed by atoms with E-state index in [-0.39, 0.29) is 38.6 Å². The van der Waals surface area contributed by atoms with Crippen LogP contribution >= 0.6 is 0 Å². The van der Waals surface area contributed by atoms with Gasteiger partial charge >= 0.3 is 5.97 Å². The molecule has 1 fully saturated rings. The third-order valence-corrected chi connectivity index (χ3v) is 11.6. The van der Waals surface area contributed by atoms with Crippen molar-refractivity contribution in [1.29, 1.82) is 0 Å². The van der Waals surface area contributed by atoms with Crippen LogP contribution in [0.4, 0.5) is 0 Å². The van der Waals surface area contributed by atoms with E-state index in [9.17, 15) is 33.9 Å². The fourth-order valence-corrected chi connectivity index (χ4v) is 8.37. The van der Waals surface area contributed by atoms with Gasteiger partial charge in [0.15, 0.2) is 0 Å². The quantitative estimate of drug-likeness (QED) is 0.0599. The van der Waals surface area contributed by atoms with Gasteiger partial charge in [0.2, 0.25) is 29.5 Å². The van der Waals surface area contributed by atoms with Crippen LogP contribution in [0.5, 0.6) is 0 Å². The van der Waals surface area contributed by atoms with Crippen LogP contribution in [0.2, 0.25) is 0 Å². The van der Waals surface area contributed by atoms with E-state index in [1.54, 1.807) is 82.4 Å². The topological polar surface area (TPSA) is 225 Å². The number of ether oxygens (including phenoxy) is 1. The standard InChI is InChI=1S/C51H61N7O8/c1-32(66-51(2,3)4)44(48(62)56-42(29-35-21-12-7-13-22-35)49(63)58-26-16-25-43(58)50(64)65)57-47(61)40(28-34-19-10-6-11-20-34)55-46(60)41(30-36-31-53-39-24-15-14-23-37(36)39)54-45(59)38(52)27-33-17-8-5-9-18-33/h5-15,17-24,31-32,38,40-44,53H,16,25-30,52H2,1-4H3,(H,54,59)(H,55,60)(H,56,62)(H,57,61)(H,64,65)/t32-,38+,40+,41-,42+,43+,44+/m1/s1. The van der Waals surface area contributed by atoms with Crippen molar-refractivity contribution in [1.82, 2.24) is 31.2 Å². The normalized spacial score (nSPS) is 16.6. The van der Waals surface area contributed by atoms with Gasteiger partial charge in [0.05, 0.1) is 17.7 Å². The van der Waals surface area contributed by atoms with Gasteiger partial charge in [-0.1, -0.05) is 109 Å². The largest absolute Gasteiger partial charge is 0.480 e. The van der Waals surface area contributed by atoms with E-state index < -0.39 is 83.5 Å². The summed E-state index contributed by atoms with van der Waals surface area (Å²) < 4.78 is 6.25. The molecule has 6 rings (SSSR count). The molecule has 7 atom stereocenters. The minimum atomic E-state index is -1.40. The number of benzene rings is 4. The molecular weight excluding hydrogens is 839 g/mol. The molecule has 0 aliphatic carbocycles. The first-order valence-electron chi connectivity index (χ1n) is 22.4. The molecule has 0 unspecified atom stereocenters. The van der Waals surface area contributed by atoms with Crippen LogP contribution in [0, 0.1) is 0 Å². The monoisotopic (exact) mass is 899 g/mol. The second-order valence-electron chi connectivity index (χ2n) is 17.9. The van der Waals surface area contributed by atoms with Crippen molar-refractivity contribution < 1.29 is 38.6 Å². The highest BCUT2D eigenvalue weighted by Gasteiger charge is 2.40. The molecule has 1 saturated heterocycles. The number of fused-ring (bicyclic) bond motifs is 1. The highest BCUT2D eigenvalue weighted by atomic mass is 16.5. The highest BCUT2D eigenvalue weighted by molar-refractivity contribution is 5.97. The Labute approximate surface area is 385 Å². The van der Waals surface area contributed by atoms with Crippen LogP contribution in [-0.2, 0) is 59.2 Å². The number of nitrogens with one attached hydrogen (secondary N) is 5. The zero-order valence-corrected chi connectivity index (χ0v) is 37.9. The van der Waals surface area contributed by atoms with Crippen LogP contribution in [0.3, 0.4) is 0 Å². The molecule has 66 heavy (non-hydrogen) atoms. The molecule has 5 amide bonds. The zero-order chi connectivity index (χ0) is 47.4. The maximum Gasteiger partial charge on any atom is 0.326 e. The van der Waals surface area contributed by atoms with Crippen molar-refractivity contribution in [3.8, 4) is 0 Å². The number of H-pyrrole nitrogens is 1. The van der Waals surface area contributed by atoms with E-state index in [1.165, 1.54) is 4.90 Å². The van der Waals surface area contributed by atoms with Crippen molar-refractivity contribution >= 4 is 46.4 Å². The summed E-state index contributed by atoms with van der Waals surface area (Å²) in [5.41, 5.74) is 9.49. The smallest absolute Gasteiger partial charge is 0.326 e. The number of carbonyl (C=O) groups is 6. The number of aromatic nitrogens is 1. The summed E-state index contributed by atoms with van der Waals surface area (Å²) in [6.07, 6.45) is 1.91. The highest BCUT2D eigenvalue weighted by Crippen LogP contribution is 2.22. The Bertz CT molecular complexity index is 2440. The zero-order valence-electron chi connectivity index (χ0n) is 37.9. The van der Waals surface area contributed by atoms with E-state index in [4.69, 9.17) is 10.5 Å². The second kappa shape index (κ2) is 22.4. The summed E-state index contributed by atoms with van der Waals surface area (Å²) in [6, 6.07) is 27.8. The number of nitrogens with two attached hydrogens (primary N) is 1. The number of hydrogen-bond acceptors (Lipinski definition) is 8. The van der Waals surface area contributed by atoms with E-state index >= 15 is 0 Å². The van der Waals surface area contributed by atoms with Crippen molar-refractivity contribution in [2.75, 3.05) is 6.54 Å². The van der Waals surface area contributed by atoms with Gasteiger partial charge in [-0.15, -0.1) is 0 Å². The first-order valence-corrected chi connectivity index (χ1v) is 22.4. The van der Waals surface area contributed by atoms with Gasteiger partial charge in [0.1, 0.15) is 30.2 Å². The predicted molar refractivity (Wildman–Crippen MR) is 251 cm³/mol. The number of carbonyl (C=O) groups excluding carboxylic acids is 5. The molecule has 15 heteroatoms. The molecule has 0 bridgehead atoms. The number of nitrogens with zero attached hydrogens (tertiary/aromatic N) is 1. The first kappa shape index (κ1) is 48.6. The molecule has 0 saturated carbocycles. The average Bonchev–Trinajstić information content (AvgIpc) is 3.96. The number of para-hydroxylation sites is 1. The SMILES string of the molecule is C[C@@H](OC(C)(C)C)[C@H](NC(=O)[C@H](Cc1ccccc1)NC(=O)[C@@H](Cc1c[nH]c2ccccc12)NC(=O)[C@@H](N)Cc1ccccc1)C(=O)N[C@@H](Cc1ccccc1)C(=O)N1CCC[C@H]1C(=O)O. The van der Waals surface area contributed by atoms with E-state index in [0.717, 1.165) is 27.6 Å². The van der Waals surface area contributed by atoms with Crippen molar-refractivity contribution in [2.24, 2.45) is 5.73 Å². The third-order valence-electron chi connectivity index (χ3n) is 11.6. The molecule has 0 radical (unpaired) electrons. The maximum absolute atomic E-state index is 14.7. The Morgan fingerprint density at radius 3 is 1.77 bits per heavy atom. The molecule has 0 spiro atoms. The molecule has 8 N–H and O–H groups in total. The number of aliphatic carboxylic acids is 1. The number of carboxylic acid groups (broad SMARTS) is 1. The fourth-order valence-electron chi connectivity index (χ4n) is 8.37. The number of amides is 5. The van der Waals surface area contributed by atoms with Gasteiger partial charge in [0.25, 0.3) is 0 Å². The molecule has 1 aliphatic heterocycles. The first-order chi connectivity index (χ1) is 31.6. The lowest BCUT2D eigenvalue weighted by Gasteiger charge is -2.33. The number of rotatable bonds is 20. The van der Waals surface area contributed by atoms with E-state index in [0.29, 0.717) is 12.0 Å². The van der Waals surface area contributed by atoms with E-state index in [2.05, 4.69) is 26.3 Å². The summed E-state index contributed by atoms with van der Waals surface area (Å²) in [5, 5.41) is 22.2. The van der Waals surface area contributed by atoms with Crippen molar-refractivity contribution in [3.63, 3.8) is 0 Å². The lowest BCUT2D eigenvalue weighted by atomic mass is 10.00. The lowest BCUT2D eigenvalue weighted by Crippen LogP contribution is -2.62. The lowest BCUT2D eigenvalue weighted by molar-refractivity contribution is -0.150. The second-order valence-corrected chi connectivity index (χ2v) is 17.9. The molecule has 1 aliphatic rings. The minimum absolute atomic E-state index is 0.00316. The third kappa shape index (κ3) is 13.4. The summed E-state index contributed by atoms with van der Waals surface area (Å²) in [4.78, 5) is 88.6. The summed E-state index contributed by atoms with van der Waals surface area (Å²) in [5.74, 6) is -4.40. The number of carboxylic acids is 1. The molecule has 1 aromatic heterocycles. The summed E-state index contributed by atoms with van der Waals surface area (Å²) >= 11 is 0. The molecule has 4 aromatic carbocycles. The Hall–Kier alpha value is -6.84. The van der Waals surface area contributed by atoms with Gasteiger partial charge in [-0.3, -0.25) is 24.0 Å². The van der Waals surface area contributed by atoms with Gasteiger partial charge in [-0.25, -0.2) is 4.79 Å². The fraction of sp³-hybridized carbons (Fsp3) is 0.373. The van der Waals surface area contributed by atoms with Crippen LogP contribution < -0.4 is 27.0 Å². The molecule has 2 heterocycles. The van der Waals surface area contributed by atoms with Gasteiger partial charge < -0.3 is 46.7 Å². The summed E-state index contributed by atoms with van der Waals surface area (Å²) in [6.45, 7) is 7.23. The van der Waals surface area contributed by atoms with Crippen LogP contribution in [-0.4, -0.2) is 105 Å². The molecular formula is C51H61N7O8. The predicted octanol–water partition coefficient (Wildman–Crippen LogP) is 3.98. The Kier molecular flexibility index (Phi) is 16.5. The van der Waals surface area contributed by atoms with Gasteiger partial charge in [-0.05, 0) is 75.3 Å². The van der Waals surface area contributed by atoms with E-state index in [1.807, 2.05) is 66.7 Å². The number of likely N-dealkylation sites (tertiary alicyclic amines) is 1. The van der Waals surface area contributed by atoms with Crippen LogP contribution in [0.15, 0.2) is 121 Å². The number of aromatic amines is 1. The summed E-state index contributed by atoms with van der Waals surface area (Å²) in [7, 11) is 0. The molecule has 5 aromatic rings. The maximum atomic E-state index is 14.7.